The zero-order valence-corrected chi connectivity index (χ0v) is 18.7. The van der Waals surface area contributed by atoms with Gasteiger partial charge in [-0.05, 0) is 43.2 Å². The Hall–Kier alpha value is -3.92. The summed E-state index contributed by atoms with van der Waals surface area (Å²) in [5.41, 5.74) is 2.33. The minimum atomic E-state index is -0.500. The Balaban J connectivity index is 1.60. The van der Waals surface area contributed by atoms with Crippen LogP contribution in [0.4, 0.5) is 5.69 Å². The fourth-order valence-electron chi connectivity index (χ4n) is 3.71. The number of hydrogen-bond donors (Lipinski definition) is 1. The van der Waals surface area contributed by atoms with Gasteiger partial charge in [-0.25, -0.2) is 14.2 Å². The Morgan fingerprint density at radius 1 is 1.18 bits per heavy atom. The molecule has 0 aliphatic carbocycles. The number of carbonyl (C=O) groups excluding carboxylic acids is 2. The molecular weight excluding hydrogens is 446 g/mol. The van der Waals surface area contributed by atoms with Crippen molar-refractivity contribution in [2.75, 3.05) is 25.5 Å². The second kappa shape index (κ2) is 8.21. The normalized spacial score (nSPS) is 13.1. The van der Waals surface area contributed by atoms with Crippen molar-refractivity contribution < 1.29 is 14.3 Å². The predicted molar refractivity (Wildman–Crippen MR) is 121 cm³/mol. The second-order valence-corrected chi connectivity index (χ2v) is 8.02. The number of carbonyl (C=O) groups is 2. The second-order valence-electron chi connectivity index (χ2n) is 7.61. The van der Waals surface area contributed by atoms with Crippen molar-refractivity contribution in [3.05, 3.63) is 64.7 Å². The zero-order chi connectivity index (χ0) is 23.1. The molecule has 1 N–H and O–H groups in total. The number of fused-ring (bicyclic) bond motifs is 1. The van der Waals surface area contributed by atoms with Gasteiger partial charge in [0.15, 0.2) is 11.5 Å². The molecule has 33 heavy (non-hydrogen) atoms. The lowest BCUT2D eigenvalue weighted by molar-refractivity contribution is 0.0644. The summed E-state index contributed by atoms with van der Waals surface area (Å²) < 4.78 is 8.09. The van der Waals surface area contributed by atoms with Crippen LogP contribution in [0.3, 0.4) is 0 Å². The monoisotopic (exact) mass is 465 g/mol. The maximum Gasteiger partial charge on any atom is 0.274 e. The molecule has 11 heteroatoms. The maximum absolute atomic E-state index is 13.5. The van der Waals surface area contributed by atoms with Crippen LogP contribution in [-0.2, 0) is 0 Å². The maximum atomic E-state index is 13.5. The molecule has 0 aromatic carbocycles. The highest BCUT2D eigenvalue weighted by molar-refractivity contribution is 6.32. The van der Waals surface area contributed by atoms with Gasteiger partial charge in [0.1, 0.15) is 5.69 Å². The molecule has 4 aromatic heterocycles. The Kier molecular flexibility index (Phi) is 5.21. The molecule has 4 aromatic rings. The van der Waals surface area contributed by atoms with E-state index in [1.54, 1.807) is 33.9 Å². The fraction of sp³-hybridized carbons (Fsp3) is 0.227. The number of nitrogens with one attached hydrogen (secondary N) is 1. The summed E-state index contributed by atoms with van der Waals surface area (Å²) in [6, 6.07) is 8.50. The highest BCUT2D eigenvalue weighted by Gasteiger charge is 2.29. The third-order valence-electron chi connectivity index (χ3n) is 5.53. The molecule has 0 unspecified atom stereocenters. The Morgan fingerprint density at radius 2 is 2.00 bits per heavy atom. The summed E-state index contributed by atoms with van der Waals surface area (Å²) >= 11 is 6.29. The number of rotatable bonds is 5. The van der Waals surface area contributed by atoms with Crippen LogP contribution in [0.25, 0.3) is 11.3 Å². The van der Waals surface area contributed by atoms with E-state index in [1.165, 1.54) is 17.9 Å². The Bertz CT molecular complexity index is 1390. The minimum Gasteiger partial charge on any atom is -0.480 e. The number of methoxy groups -OCH3 is 1. The van der Waals surface area contributed by atoms with Gasteiger partial charge in [-0.15, -0.1) is 5.10 Å². The van der Waals surface area contributed by atoms with Gasteiger partial charge in [-0.3, -0.25) is 9.59 Å². The van der Waals surface area contributed by atoms with Gasteiger partial charge in [0.2, 0.25) is 5.88 Å². The van der Waals surface area contributed by atoms with Crippen molar-refractivity contribution in [1.29, 1.82) is 0 Å². The van der Waals surface area contributed by atoms with Crippen molar-refractivity contribution in [2.45, 2.75) is 13.3 Å². The van der Waals surface area contributed by atoms with Crippen molar-refractivity contribution >= 4 is 34.6 Å². The topological polar surface area (TPSA) is 107 Å². The number of nitrogens with zero attached hydrogens (tertiary/aromatic N) is 6. The molecule has 0 bridgehead atoms. The molecule has 0 saturated carbocycles. The van der Waals surface area contributed by atoms with Gasteiger partial charge >= 0.3 is 0 Å². The lowest BCUT2D eigenvalue weighted by Gasteiger charge is -2.31. The van der Waals surface area contributed by atoms with E-state index in [2.05, 4.69) is 20.5 Å². The van der Waals surface area contributed by atoms with E-state index in [0.717, 1.165) is 17.5 Å². The van der Waals surface area contributed by atoms with Crippen LogP contribution in [0.5, 0.6) is 5.88 Å². The molecule has 5 rings (SSSR count). The largest absolute Gasteiger partial charge is 0.480 e. The first-order valence-electron chi connectivity index (χ1n) is 10.3. The van der Waals surface area contributed by atoms with Crippen LogP contribution in [0.15, 0.2) is 42.7 Å². The highest BCUT2D eigenvalue weighted by Crippen LogP contribution is 2.28. The van der Waals surface area contributed by atoms with Crippen LogP contribution in [0, 0.1) is 6.92 Å². The number of pyridine rings is 2. The number of aromatic nitrogens is 5. The third-order valence-corrected chi connectivity index (χ3v) is 5.83. The molecule has 10 nitrogen and oxygen atoms in total. The number of amides is 2. The predicted octanol–water partition coefficient (Wildman–Crippen LogP) is 2.98. The van der Waals surface area contributed by atoms with Crippen molar-refractivity contribution in [3.63, 3.8) is 0 Å². The smallest absolute Gasteiger partial charge is 0.274 e. The van der Waals surface area contributed by atoms with Gasteiger partial charge < -0.3 is 15.0 Å². The van der Waals surface area contributed by atoms with Gasteiger partial charge in [-0.1, -0.05) is 11.6 Å². The summed E-state index contributed by atoms with van der Waals surface area (Å²) in [5.74, 6) is -0.186. The van der Waals surface area contributed by atoms with Crippen LogP contribution in [-0.4, -0.2) is 61.3 Å². The number of anilines is 1. The quantitative estimate of drug-likeness (QED) is 0.485. The number of likely N-dealkylation sites (tertiary alicyclic amines) is 1. The average molecular weight is 466 g/mol. The summed E-state index contributed by atoms with van der Waals surface area (Å²) in [6.07, 6.45) is 4.12. The molecule has 0 radical (unpaired) electrons. The van der Waals surface area contributed by atoms with Crippen molar-refractivity contribution in [3.8, 4) is 11.7 Å². The molecular formula is C22H20ClN7O3. The van der Waals surface area contributed by atoms with E-state index >= 15 is 0 Å². The molecule has 2 amide bonds. The first-order valence-corrected chi connectivity index (χ1v) is 10.7. The number of ether oxygens (including phenoxy) is 1. The standard InChI is InChI=1S/C22H20ClN7O3/c1-13-11-14-6-8-25-29(14)19(22(32)28-9-4-10-28)18(13)26-21(31)16-12-17(33-2)27-30(16)20-15(23)5-3-7-24-20/h3,5-8,11-12H,4,9-10H2,1-2H3,(H,26,31). The van der Waals surface area contributed by atoms with E-state index in [4.69, 9.17) is 16.3 Å². The summed E-state index contributed by atoms with van der Waals surface area (Å²) in [5, 5.41) is 11.8. The molecule has 1 aliphatic rings. The summed E-state index contributed by atoms with van der Waals surface area (Å²) in [6.45, 7) is 3.18. The lowest BCUT2D eigenvalue weighted by atomic mass is 10.1. The number of aryl methyl sites for hydroxylation is 1. The summed E-state index contributed by atoms with van der Waals surface area (Å²) in [4.78, 5) is 32.7. The van der Waals surface area contributed by atoms with Crippen molar-refractivity contribution in [1.82, 2.24) is 29.3 Å². The number of hydrogen-bond acceptors (Lipinski definition) is 6. The highest BCUT2D eigenvalue weighted by atomic mass is 35.5. The first kappa shape index (κ1) is 21.0. The van der Waals surface area contributed by atoms with Crippen LogP contribution in [0.1, 0.15) is 33.0 Å². The summed E-state index contributed by atoms with van der Waals surface area (Å²) in [7, 11) is 1.45. The molecule has 1 saturated heterocycles. The van der Waals surface area contributed by atoms with Crippen LogP contribution in [0.2, 0.25) is 5.02 Å². The minimum absolute atomic E-state index is 0.148. The Morgan fingerprint density at radius 3 is 2.70 bits per heavy atom. The van der Waals surface area contributed by atoms with Gasteiger partial charge in [0.25, 0.3) is 11.8 Å². The van der Waals surface area contributed by atoms with E-state index in [0.29, 0.717) is 29.5 Å². The van der Waals surface area contributed by atoms with E-state index in [9.17, 15) is 9.59 Å². The van der Waals surface area contributed by atoms with Crippen LogP contribution < -0.4 is 10.1 Å². The third kappa shape index (κ3) is 3.58. The molecule has 0 atom stereocenters. The van der Waals surface area contributed by atoms with E-state index in [-0.39, 0.29) is 23.3 Å². The molecule has 1 fully saturated rings. The molecule has 1 aliphatic heterocycles. The van der Waals surface area contributed by atoms with Gasteiger partial charge in [0.05, 0.1) is 29.5 Å². The van der Waals surface area contributed by atoms with Crippen LogP contribution >= 0.6 is 11.6 Å². The van der Waals surface area contributed by atoms with Gasteiger partial charge in [-0.2, -0.15) is 5.10 Å². The SMILES string of the molecule is COc1cc(C(=O)Nc2c(C)cc3ccnn3c2C(=O)N2CCC2)n(-c2ncccc2Cl)n1. The fourth-order valence-corrected chi connectivity index (χ4v) is 3.92. The molecule has 168 valence electrons. The van der Waals surface area contributed by atoms with E-state index < -0.39 is 5.91 Å². The first-order chi connectivity index (χ1) is 16.0. The number of halogens is 1. The average Bonchev–Trinajstić information content (AvgIpc) is 3.40. The molecule has 0 spiro atoms. The van der Waals surface area contributed by atoms with E-state index in [1.807, 2.05) is 19.1 Å². The van der Waals surface area contributed by atoms with Gasteiger partial charge in [0, 0.05) is 25.4 Å². The van der Waals surface area contributed by atoms with Crippen molar-refractivity contribution in [2.24, 2.45) is 0 Å². The molecule has 5 heterocycles. The lowest BCUT2D eigenvalue weighted by Crippen LogP contribution is -2.43. The Labute approximate surface area is 193 Å². The zero-order valence-electron chi connectivity index (χ0n) is 17.9.